The lowest BCUT2D eigenvalue weighted by Gasteiger charge is -2.39. The van der Waals surface area contributed by atoms with Gasteiger partial charge in [-0.3, -0.25) is 0 Å². The Morgan fingerprint density at radius 3 is 2.78 bits per heavy atom. The molecule has 1 unspecified atom stereocenters. The Morgan fingerprint density at radius 1 is 1.43 bits per heavy atom. The molecular weight excluding hydrogens is 327 g/mol. The van der Waals surface area contributed by atoms with Crippen molar-refractivity contribution in [1.82, 2.24) is 9.03 Å². The summed E-state index contributed by atoms with van der Waals surface area (Å²) in [6.45, 7) is -0.628. The van der Waals surface area contributed by atoms with Crippen molar-refractivity contribution in [2.75, 3.05) is 26.8 Å². The molecule has 0 aliphatic carbocycles. The number of carbonyl (C=O) groups excluding carboxylic acids is 1. The molecule has 0 saturated carbocycles. The second kappa shape index (κ2) is 5.73. The number of nitrogens with zero attached hydrogens (tertiary/aromatic N) is 1. The molecule has 0 amide bonds. The van der Waals surface area contributed by atoms with Crippen LogP contribution < -0.4 is 9.46 Å². The average Bonchev–Trinajstić information content (AvgIpc) is 2.50. The fraction of sp³-hybridized carbons (Fsp3) is 0.500. The molecule has 2 heterocycles. The number of hydrogen-bond donors (Lipinski definition) is 1. The van der Waals surface area contributed by atoms with Crippen molar-refractivity contribution in [2.45, 2.75) is 18.1 Å². The molecule has 126 valence electrons. The predicted molar refractivity (Wildman–Crippen MR) is 78.9 cm³/mol. The summed E-state index contributed by atoms with van der Waals surface area (Å²) in [5, 5.41) is 0. The molecule has 23 heavy (non-hydrogen) atoms. The number of nitrogens with one attached hydrogen (secondary N) is 1. The van der Waals surface area contributed by atoms with Gasteiger partial charge in [0.1, 0.15) is 18.5 Å². The normalized spacial score (nSPS) is 25.1. The smallest absolute Gasteiger partial charge is 0.331 e. The van der Waals surface area contributed by atoms with Crippen molar-refractivity contribution in [3.8, 4) is 5.75 Å². The first-order chi connectivity index (χ1) is 10.9. The van der Waals surface area contributed by atoms with Crippen LogP contribution in [0.1, 0.15) is 5.56 Å². The highest BCUT2D eigenvalue weighted by atomic mass is 32.2. The van der Waals surface area contributed by atoms with Crippen molar-refractivity contribution < 1.29 is 27.1 Å². The number of methoxy groups -OCH3 is 1. The molecule has 0 radical (unpaired) electrons. The summed E-state index contributed by atoms with van der Waals surface area (Å²) in [4.78, 5) is 12.2. The molecule has 1 saturated heterocycles. The Hall–Kier alpha value is -1.71. The van der Waals surface area contributed by atoms with E-state index in [-0.39, 0.29) is 26.1 Å². The number of alkyl halides is 1. The monoisotopic (exact) mass is 344 g/mol. The number of rotatable bonds is 4. The first kappa shape index (κ1) is 16.2. The third kappa shape index (κ3) is 2.91. The van der Waals surface area contributed by atoms with Crippen molar-refractivity contribution in [1.29, 1.82) is 0 Å². The third-order valence-electron chi connectivity index (χ3n) is 3.98. The highest BCUT2D eigenvalue weighted by Gasteiger charge is 2.49. The third-order valence-corrected chi connectivity index (χ3v) is 5.61. The molecule has 1 atom stereocenters. The summed E-state index contributed by atoms with van der Waals surface area (Å²) < 4.78 is 51.3. The standard InChI is InChI=1S/C14H17FN2O5S/c1-21-13(18)14(16-23(19,20)17-7-11(15)8-17)6-10-4-2-3-5-12(10)22-9-14/h2-5,11,16H,6-9H2,1H3. The Labute approximate surface area is 133 Å². The molecule has 2 aliphatic heterocycles. The lowest BCUT2D eigenvalue weighted by molar-refractivity contribution is -0.149. The zero-order valence-corrected chi connectivity index (χ0v) is 13.3. The number of fused-ring (bicyclic) bond motifs is 1. The quantitative estimate of drug-likeness (QED) is 0.779. The molecule has 1 aromatic rings. The van der Waals surface area contributed by atoms with Gasteiger partial charge in [-0.2, -0.15) is 17.4 Å². The Balaban J connectivity index is 1.89. The maximum Gasteiger partial charge on any atom is 0.331 e. The van der Waals surface area contributed by atoms with Gasteiger partial charge in [0, 0.05) is 19.5 Å². The van der Waals surface area contributed by atoms with Crippen molar-refractivity contribution in [3.05, 3.63) is 29.8 Å². The van der Waals surface area contributed by atoms with Gasteiger partial charge in [-0.25, -0.2) is 9.18 Å². The van der Waals surface area contributed by atoms with Gasteiger partial charge in [0.05, 0.1) is 7.11 Å². The number of carbonyl (C=O) groups is 1. The van der Waals surface area contributed by atoms with E-state index in [4.69, 9.17) is 9.47 Å². The number of esters is 1. The van der Waals surface area contributed by atoms with E-state index in [0.29, 0.717) is 11.3 Å². The van der Waals surface area contributed by atoms with E-state index in [9.17, 15) is 17.6 Å². The van der Waals surface area contributed by atoms with Crippen LogP contribution >= 0.6 is 0 Å². The van der Waals surface area contributed by atoms with Crippen LogP contribution in [0.2, 0.25) is 0 Å². The fourth-order valence-corrected chi connectivity index (χ4v) is 4.25. The van der Waals surface area contributed by atoms with E-state index < -0.39 is 27.9 Å². The van der Waals surface area contributed by atoms with E-state index in [0.717, 1.165) is 4.31 Å². The fourth-order valence-electron chi connectivity index (χ4n) is 2.70. The second-order valence-electron chi connectivity index (χ2n) is 5.67. The number of hydrogen-bond acceptors (Lipinski definition) is 5. The molecule has 9 heteroatoms. The van der Waals surface area contributed by atoms with E-state index in [2.05, 4.69) is 4.72 Å². The van der Waals surface area contributed by atoms with Crippen LogP contribution in [0.15, 0.2) is 24.3 Å². The molecule has 0 spiro atoms. The van der Waals surface area contributed by atoms with Crippen molar-refractivity contribution >= 4 is 16.2 Å². The Morgan fingerprint density at radius 2 is 2.13 bits per heavy atom. The number of benzene rings is 1. The van der Waals surface area contributed by atoms with Gasteiger partial charge < -0.3 is 9.47 Å². The minimum atomic E-state index is -4.01. The van der Waals surface area contributed by atoms with E-state index in [1.807, 2.05) is 0 Å². The lowest BCUT2D eigenvalue weighted by atomic mass is 9.90. The SMILES string of the molecule is COC(=O)C1(NS(=O)(=O)N2CC(F)C2)COc2ccccc2C1. The van der Waals surface area contributed by atoms with Crippen LogP contribution in [-0.2, 0) is 26.2 Å². The van der Waals surface area contributed by atoms with Crippen LogP contribution in [0, 0.1) is 0 Å². The average molecular weight is 344 g/mol. The highest BCUT2D eigenvalue weighted by molar-refractivity contribution is 7.87. The van der Waals surface area contributed by atoms with Crippen LogP contribution in [0.3, 0.4) is 0 Å². The molecule has 2 aliphatic rings. The summed E-state index contributed by atoms with van der Waals surface area (Å²) in [6.07, 6.45) is -1.08. The van der Waals surface area contributed by atoms with Gasteiger partial charge in [0.25, 0.3) is 10.2 Å². The van der Waals surface area contributed by atoms with Gasteiger partial charge in [0.15, 0.2) is 5.54 Å². The van der Waals surface area contributed by atoms with Crippen LogP contribution in [0.5, 0.6) is 5.75 Å². The molecule has 7 nitrogen and oxygen atoms in total. The van der Waals surface area contributed by atoms with Gasteiger partial charge in [0.2, 0.25) is 0 Å². The Kier molecular flexibility index (Phi) is 4.03. The van der Waals surface area contributed by atoms with Gasteiger partial charge in [-0.05, 0) is 11.6 Å². The lowest BCUT2D eigenvalue weighted by Crippen LogP contribution is -2.66. The number of para-hydroxylation sites is 1. The van der Waals surface area contributed by atoms with E-state index >= 15 is 0 Å². The van der Waals surface area contributed by atoms with Crippen LogP contribution in [-0.4, -0.2) is 57.2 Å². The zero-order valence-electron chi connectivity index (χ0n) is 12.5. The second-order valence-corrected chi connectivity index (χ2v) is 7.34. The zero-order chi connectivity index (χ0) is 16.7. The summed E-state index contributed by atoms with van der Waals surface area (Å²) in [5.74, 6) is -0.146. The number of halogens is 1. The summed E-state index contributed by atoms with van der Waals surface area (Å²) >= 11 is 0. The largest absolute Gasteiger partial charge is 0.491 e. The molecule has 1 N–H and O–H groups in total. The molecule has 0 bridgehead atoms. The minimum Gasteiger partial charge on any atom is -0.491 e. The maximum absolute atomic E-state index is 12.9. The first-order valence-electron chi connectivity index (χ1n) is 7.08. The van der Waals surface area contributed by atoms with Crippen molar-refractivity contribution in [3.63, 3.8) is 0 Å². The molecule has 0 aromatic heterocycles. The summed E-state index contributed by atoms with van der Waals surface area (Å²) in [5.41, 5.74) is -0.873. The molecular formula is C14H17FN2O5S. The molecule has 1 fully saturated rings. The van der Waals surface area contributed by atoms with Gasteiger partial charge >= 0.3 is 5.97 Å². The van der Waals surface area contributed by atoms with Crippen LogP contribution in [0.4, 0.5) is 4.39 Å². The molecule has 3 rings (SSSR count). The molecule has 1 aromatic carbocycles. The highest BCUT2D eigenvalue weighted by Crippen LogP contribution is 2.31. The predicted octanol–water partition coefficient (Wildman–Crippen LogP) is 0.0214. The first-order valence-corrected chi connectivity index (χ1v) is 8.52. The topological polar surface area (TPSA) is 84.9 Å². The van der Waals surface area contributed by atoms with Crippen molar-refractivity contribution in [2.24, 2.45) is 0 Å². The minimum absolute atomic E-state index is 0.0992. The van der Waals surface area contributed by atoms with Gasteiger partial charge in [-0.15, -0.1) is 0 Å². The summed E-state index contributed by atoms with van der Waals surface area (Å²) in [6, 6.07) is 7.05. The number of ether oxygens (including phenoxy) is 2. The van der Waals surface area contributed by atoms with Gasteiger partial charge in [-0.1, -0.05) is 18.2 Å². The maximum atomic E-state index is 12.9. The Bertz CT molecular complexity index is 720. The van der Waals surface area contributed by atoms with Crippen LogP contribution in [0.25, 0.3) is 0 Å². The van der Waals surface area contributed by atoms with E-state index in [1.54, 1.807) is 24.3 Å². The summed E-state index contributed by atoms with van der Waals surface area (Å²) in [7, 11) is -2.83. The van der Waals surface area contributed by atoms with E-state index in [1.165, 1.54) is 7.11 Å².